The lowest BCUT2D eigenvalue weighted by molar-refractivity contribution is -0.387. The fourth-order valence-electron chi connectivity index (χ4n) is 0.961. The summed E-state index contributed by atoms with van der Waals surface area (Å²) >= 11 is -0.535. The number of anilines is 1. The van der Waals surface area contributed by atoms with Crippen molar-refractivity contribution in [1.29, 1.82) is 0 Å². The molecule has 0 saturated heterocycles. The number of rotatable bonds is 3. The normalized spacial score (nSPS) is 11.2. The van der Waals surface area contributed by atoms with Crippen molar-refractivity contribution in [3.05, 3.63) is 28.3 Å². The van der Waals surface area contributed by atoms with Crippen molar-refractivity contribution in [2.45, 2.75) is 10.4 Å². The third kappa shape index (κ3) is 3.28. The maximum Gasteiger partial charge on any atom is 0.446 e. The van der Waals surface area contributed by atoms with E-state index in [9.17, 15) is 23.3 Å². The van der Waals surface area contributed by atoms with E-state index in [4.69, 9.17) is 5.84 Å². The molecule has 0 fully saturated rings. The highest BCUT2D eigenvalue weighted by Crippen LogP contribution is 2.41. The summed E-state index contributed by atoms with van der Waals surface area (Å²) in [5.74, 6) is 4.99. The number of nitrogens with two attached hydrogens (primary N) is 1. The summed E-state index contributed by atoms with van der Waals surface area (Å²) < 4.78 is 36.2. The number of hydrazine groups is 1. The van der Waals surface area contributed by atoms with Gasteiger partial charge in [-0.2, -0.15) is 13.2 Å². The van der Waals surface area contributed by atoms with Gasteiger partial charge in [0.15, 0.2) is 0 Å². The molecule has 1 aromatic carbocycles. The molecular weight excluding hydrogens is 247 g/mol. The highest BCUT2D eigenvalue weighted by Gasteiger charge is 2.32. The van der Waals surface area contributed by atoms with Crippen LogP contribution in [-0.2, 0) is 0 Å². The summed E-state index contributed by atoms with van der Waals surface area (Å²) in [6, 6.07) is 3.15. The molecule has 0 atom stereocenters. The zero-order valence-corrected chi connectivity index (χ0v) is 8.43. The van der Waals surface area contributed by atoms with Gasteiger partial charge in [-0.25, -0.2) is 0 Å². The van der Waals surface area contributed by atoms with Gasteiger partial charge in [-0.3, -0.25) is 16.0 Å². The molecule has 0 aliphatic heterocycles. The molecule has 1 rings (SSSR count). The van der Waals surface area contributed by atoms with Gasteiger partial charge in [0.2, 0.25) is 0 Å². The van der Waals surface area contributed by atoms with E-state index in [0.717, 1.165) is 12.1 Å². The van der Waals surface area contributed by atoms with Gasteiger partial charge in [-0.1, -0.05) is 0 Å². The molecule has 88 valence electrons. The molecule has 1 aromatic rings. The first-order chi connectivity index (χ1) is 7.33. The highest BCUT2D eigenvalue weighted by atomic mass is 32.2. The van der Waals surface area contributed by atoms with Crippen molar-refractivity contribution in [3.8, 4) is 0 Å². The summed E-state index contributed by atoms with van der Waals surface area (Å²) in [6.07, 6.45) is 0. The minimum atomic E-state index is -4.57. The van der Waals surface area contributed by atoms with Crippen LogP contribution in [0, 0.1) is 10.1 Å². The minimum absolute atomic E-state index is 0.165. The van der Waals surface area contributed by atoms with Crippen molar-refractivity contribution in [1.82, 2.24) is 0 Å². The number of nitrogen functional groups attached to an aromatic ring is 1. The Morgan fingerprint density at radius 1 is 1.44 bits per heavy atom. The second-order valence-corrected chi connectivity index (χ2v) is 3.74. The summed E-state index contributed by atoms with van der Waals surface area (Å²) in [5, 5.41) is 10.5. The molecule has 0 bridgehead atoms. The monoisotopic (exact) mass is 253 g/mol. The molecule has 0 aliphatic rings. The van der Waals surface area contributed by atoms with E-state index in [1.165, 1.54) is 6.07 Å². The van der Waals surface area contributed by atoms with Crippen LogP contribution >= 0.6 is 11.8 Å². The topological polar surface area (TPSA) is 81.2 Å². The molecule has 9 heteroatoms. The van der Waals surface area contributed by atoms with E-state index in [2.05, 4.69) is 5.43 Å². The summed E-state index contributed by atoms with van der Waals surface area (Å²) in [7, 11) is 0. The lowest BCUT2D eigenvalue weighted by Gasteiger charge is -2.07. The molecule has 0 unspecified atom stereocenters. The van der Waals surface area contributed by atoms with E-state index < -0.39 is 32.8 Å². The van der Waals surface area contributed by atoms with Crippen molar-refractivity contribution < 1.29 is 18.1 Å². The van der Waals surface area contributed by atoms with Gasteiger partial charge in [-0.05, 0) is 23.9 Å². The Hall–Kier alpha value is -1.48. The zero-order chi connectivity index (χ0) is 12.3. The van der Waals surface area contributed by atoms with Gasteiger partial charge in [-0.15, -0.1) is 0 Å². The molecule has 16 heavy (non-hydrogen) atoms. The maximum atomic E-state index is 12.1. The zero-order valence-electron chi connectivity index (χ0n) is 7.62. The molecule has 0 heterocycles. The molecular formula is C7H6F3N3O2S. The number of alkyl halides is 3. The fraction of sp³-hybridized carbons (Fsp3) is 0.143. The number of benzene rings is 1. The number of nitrogens with zero attached hydrogens (tertiary/aromatic N) is 1. The van der Waals surface area contributed by atoms with Crippen molar-refractivity contribution >= 4 is 23.1 Å². The second-order valence-electron chi connectivity index (χ2n) is 2.63. The van der Waals surface area contributed by atoms with Crippen LogP contribution in [0.25, 0.3) is 0 Å². The van der Waals surface area contributed by atoms with Gasteiger partial charge < -0.3 is 5.43 Å². The molecule has 3 N–H and O–H groups in total. The highest BCUT2D eigenvalue weighted by molar-refractivity contribution is 8.00. The molecule has 0 spiro atoms. The predicted octanol–water partition coefficient (Wildman–Crippen LogP) is 2.49. The van der Waals surface area contributed by atoms with Crippen LogP contribution in [0.15, 0.2) is 23.1 Å². The van der Waals surface area contributed by atoms with Crippen molar-refractivity contribution in [3.63, 3.8) is 0 Å². The third-order valence-electron chi connectivity index (χ3n) is 1.55. The van der Waals surface area contributed by atoms with Gasteiger partial charge in [0.1, 0.15) is 0 Å². The minimum Gasteiger partial charge on any atom is -0.324 e. The van der Waals surface area contributed by atoms with Crippen LogP contribution < -0.4 is 11.3 Å². The van der Waals surface area contributed by atoms with E-state index >= 15 is 0 Å². The van der Waals surface area contributed by atoms with Gasteiger partial charge >= 0.3 is 5.51 Å². The standard InChI is InChI=1S/C7H6F3N3O2S/c8-7(9,10)16-6-2-1-4(12-11)3-5(6)13(14)15/h1-3,12H,11H2. The van der Waals surface area contributed by atoms with E-state index in [0.29, 0.717) is 0 Å². The quantitative estimate of drug-likeness (QED) is 0.374. The van der Waals surface area contributed by atoms with Crippen LogP contribution in [0.5, 0.6) is 0 Å². The Labute approximate surface area is 91.9 Å². The molecule has 0 aromatic heterocycles. The first-order valence-corrected chi connectivity index (χ1v) is 4.66. The molecule has 5 nitrogen and oxygen atoms in total. The van der Waals surface area contributed by atoms with Crippen molar-refractivity contribution in [2.75, 3.05) is 5.43 Å². The van der Waals surface area contributed by atoms with Crippen LogP contribution in [-0.4, -0.2) is 10.4 Å². The Morgan fingerprint density at radius 2 is 2.06 bits per heavy atom. The average molecular weight is 253 g/mol. The van der Waals surface area contributed by atoms with E-state index in [1.807, 2.05) is 0 Å². The molecule has 0 amide bonds. The first kappa shape index (κ1) is 12.6. The SMILES string of the molecule is NNc1ccc(SC(F)(F)F)c([N+](=O)[O-])c1. The maximum absolute atomic E-state index is 12.1. The number of halogens is 3. The smallest absolute Gasteiger partial charge is 0.324 e. The Balaban J connectivity index is 3.13. The van der Waals surface area contributed by atoms with Crippen molar-refractivity contribution in [2.24, 2.45) is 5.84 Å². The summed E-state index contributed by atoms with van der Waals surface area (Å²) in [5.41, 5.74) is -2.93. The van der Waals surface area contributed by atoms with Crippen LogP contribution in [0.1, 0.15) is 0 Å². The second kappa shape index (κ2) is 4.58. The fourth-order valence-corrected chi connectivity index (χ4v) is 1.58. The van der Waals surface area contributed by atoms with Crippen LogP contribution in [0.4, 0.5) is 24.5 Å². The average Bonchev–Trinajstić information content (AvgIpc) is 2.15. The number of hydrogen-bond donors (Lipinski definition) is 2. The lowest BCUT2D eigenvalue weighted by atomic mass is 10.3. The Morgan fingerprint density at radius 3 is 2.50 bits per heavy atom. The largest absolute Gasteiger partial charge is 0.446 e. The van der Waals surface area contributed by atoms with Gasteiger partial charge in [0.05, 0.1) is 15.5 Å². The van der Waals surface area contributed by atoms with Crippen LogP contribution in [0.2, 0.25) is 0 Å². The number of hydrogen-bond acceptors (Lipinski definition) is 5. The molecule has 0 radical (unpaired) electrons. The number of nitrogens with one attached hydrogen (secondary N) is 1. The Bertz CT molecular complexity index is 410. The number of nitro groups is 1. The van der Waals surface area contributed by atoms with E-state index in [1.54, 1.807) is 0 Å². The molecule has 0 saturated carbocycles. The first-order valence-electron chi connectivity index (χ1n) is 3.84. The van der Waals surface area contributed by atoms with Gasteiger partial charge in [0.25, 0.3) is 5.69 Å². The number of thioether (sulfide) groups is 1. The predicted molar refractivity (Wildman–Crippen MR) is 52.8 cm³/mol. The summed E-state index contributed by atoms with van der Waals surface area (Å²) in [6.45, 7) is 0. The third-order valence-corrected chi connectivity index (χ3v) is 2.34. The lowest BCUT2D eigenvalue weighted by Crippen LogP contribution is -2.07. The van der Waals surface area contributed by atoms with Crippen LogP contribution in [0.3, 0.4) is 0 Å². The Kier molecular flexibility index (Phi) is 3.60. The summed E-state index contributed by atoms with van der Waals surface area (Å²) in [4.78, 5) is 9.16. The van der Waals surface area contributed by atoms with Gasteiger partial charge in [0, 0.05) is 6.07 Å². The van der Waals surface area contributed by atoms with E-state index in [-0.39, 0.29) is 5.69 Å². The number of nitro benzene ring substituents is 1. The molecule has 0 aliphatic carbocycles.